The molecule has 40 heavy (non-hydrogen) atoms. The van der Waals surface area contributed by atoms with Crippen molar-refractivity contribution in [1.82, 2.24) is 19.1 Å². The lowest BCUT2D eigenvalue weighted by Gasteiger charge is -2.14. The van der Waals surface area contributed by atoms with Gasteiger partial charge in [-0.15, -0.1) is 0 Å². The molecule has 0 unspecified atom stereocenters. The molecule has 0 bridgehead atoms. The van der Waals surface area contributed by atoms with Gasteiger partial charge in [-0.05, 0) is 13.8 Å². The van der Waals surface area contributed by atoms with Gasteiger partial charge in [0.15, 0.2) is 0 Å². The number of rotatable bonds is 5. The molecule has 18 nitrogen and oxygen atoms in total. The number of ether oxygens (including phenoxy) is 2. The monoisotopic (exact) mass is 596 g/mol. The fourth-order valence-electron chi connectivity index (χ4n) is 3.70. The highest BCUT2D eigenvalue weighted by atomic mass is 31.2. The van der Waals surface area contributed by atoms with Gasteiger partial charge in [-0.2, -0.15) is 0 Å². The van der Waals surface area contributed by atoms with E-state index in [1.165, 1.54) is 21.5 Å². The Hall–Kier alpha value is -2.77. The molecule has 2 fully saturated rings. The second-order valence-electron chi connectivity index (χ2n) is 8.86. The molecule has 4 heterocycles. The van der Waals surface area contributed by atoms with Crippen LogP contribution in [0.5, 0.6) is 0 Å². The summed E-state index contributed by atoms with van der Waals surface area (Å²) in [6.45, 7) is 2.52. The molecule has 19 heteroatoms. The number of aromatic amines is 2. The zero-order valence-corrected chi connectivity index (χ0v) is 22.6. The number of hydrogen-bond acceptors (Lipinski definition) is 12. The predicted molar refractivity (Wildman–Crippen MR) is 134 cm³/mol. The van der Waals surface area contributed by atoms with Crippen LogP contribution in [0.3, 0.4) is 0 Å². The quantitative estimate of drug-likeness (QED) is 0.157. The molecule has 226 valence electrons. The summed E-state index contributed by atoms with van der Waals surface area (Å²) in [6.07, 6.45) is -1.16. The molecule has 6 atom stereocenters. The van der Waals surface area contributed by atoms with E-state index in [-0.39, 0.29) is 26.1 Å². The van der Waals surface area contributed by atoms with E-state index in [0.29, 0.717) is 11.1 Å². The molecule has 2 aromatic heterocycles. The number of aromatic nitrogens is 4. The van der Waals surface area contributed by atoms with Crippen molar-refractivity contribution >= 4 is 7.82 Å². The maximum atomic E-state index is 11.6. The third-order valence-electron chi connectivity index (χ3n) is 5.92. The van der Waals surface area contributed by atoms with Crippen LogP contribution in [0.2, 0.25) is 0 Å². The van der Waals surface area contributed by atoms with Gasteiger partial charge in [-0.3, -0.25) is 33.2 Å². The van der Waals surface area contributed by atoms with Crippen molar-refractivity contribution < 1.29 is 48.8 Å². The third-order valence-corrected chi connectivity index (χ3v) is 6.39. The maximum Gasteiger partial charge on any atom is 0.469 e. The molecule has 2 saturated heterocycles. The zero-order valence-electron chi connectivity index (χ0n) is 21.7. The van der Waals surface area contributed by atoms with Crippen molar-refractivity contribution in [2.75, 3.05) is 20.3 Å². The molecule has 0 radical (unpaired) electrons. The summed E-state index contributed by atoms with van der Waals surface area (Å²) in [5.74, 6) is 0. The molecule has 0 aromatic carbocycles. The van der Waals surface area contributed by atoms with E-state index in [2.05, 4.69) is 14.5 Å². The molecule has 2 aromatic rings. The highest BCUT2D eigenvalue weighted by Crippen LogP contribution is 2.33. The van der Waals surface area contributed by atoms with Gasteiger partial charge in [-0.1, -0.05) is 0 Å². The summed E-state index contributed by atoms with van der Waals surface area (Å²) >= 11 is 0. The first-order valence-corrected chi connectivity index (χ1v) is 13.3. The fourth-order valence-corrected chi connectivity index (χ4v) is 3.70. The molecule has 0 spiro atoms. The first-order chi connectivity index (χ1) is 18.6. The SMILES string of the molecule is COP(=O)(O)O.Cc1cn([C@H]2C[C@H](O)[C@@H](CO)O2)c(=O)[nH]c1=O.Cc1cn([C@H]2C[C@H](O)[C@@H](CO)O2)c(=O)[nH]c1=O. The normalized spacial score (nSPS) is 26.0. The van der Waals surface area contributed by atoms with Gasteiger partial charge in [0.1, 0.15) is 24.7 Å². The maximum absolute atomic E-state index is 11.6. The number of nitrogens with one attached hydrogen (secondary N) is 2. The average molecular weight is 596 g/mol. The van der Waals surface area contributed by atoms with Crippen molar-refractivity contribution in [2.24, 2.45) is 0 Å². The number of H-pyrrole nitrogens is 2. The first kappa shape index (κ1) is 33.4. The van der Waals surface area contributed by atoms with Crippen LogP contribution in [0.15, 0.2) is 31.6 Å². The van der Waals surface area contributed by atoms with Gasteiger partial charge >= 0.3 is 19.2 Å². The smallest absolute Gasteiger partial charge is 0.394 e. The Labute approximate surface area is 225 Å². The van der Waals surface area contributed by atoms with Crippen molar-refractivity contribution in [3.05, 3.63) is 65.2 Å². The van der Waals surface area contributed by atoms with Gasteiger partial charge in [-0.25, -0.2) is 14.2 Å². The molecule has 0 saturated carbocycles. The Bertz CT molecular complexity index is 1320. The Morgan fingerprint density at radius 1 is 0.850 bits per heavy atom. The van der Waals surface area contributed by atoms with E-state index in [0.717, 1.165) is 7.11 Å². The second kappa shape index (κ2) is 14.2. The number of nitrogens with zero attached hydrogens (tertiary/aromatic N) is 2. The van der Waals surface area contributed by atoms with Crippen LogP contribution in [0.4, 0.5) is 0 Å². The van der Waals surface area contributed by atoms with Crippen molar-refractivity contribution in [2.45, 2.75) is 63.6 Å². The Kier molecular flexibility index (Phi) is 11.9. The molecular formula is C21H33N4O14P. The van der Waals surface area contributed by atoms with E-state index in [1.807, 2.05) is 0 Å². The molecule has 0 amide bonds. The van der Waals surface area contributed by atoms with Crippen LogP contribution in [-0.4, -0.2) is 94.1 Å². The van der Waals surface area contributed by atoms with Crippen LogP contribution in [0.25, 0.3) is 0 Å². The molecule has 8 N–H and O–H groups in total. The molecular weight excluding hydrogens is 563 g/mol. The number of aliphatic hydroxyl groups excluding tert-OH is 4. The van der Waals surface area contributed by atoms with E-state index in [1.54, 1.807) is 13.8 Å². The number of phosphoric ester groups is 1. The lowest BCUT2D eigenvalue weighted by Crippen LogP contribution is -2.33. The van der Waals surface area contributed by atoms with Crippen LogP contribution in [-0.2, 0) is 18.6 Å². The van der Waals surface area contributed by atoms with Crippen molar-refractivity contribution in [3.8, 4) is 0 Å². The minimum Gasteiger partial charge on any atom is -0.394 e. The van der Waals surface area contributed by atoms with Gasteiger partial charge in [0.2, 0.25) is 0 Å². The minimum atomic E-state index is -4.15. The number of phosphoric acid groups is 1. The summed E-state index contributed by atoms with van der Waals surface area (Å²) in [7, 11) is -3.20. The van der Waals surface area contributed by atoms with Crippen LogP contribution < -0.4 is 22.5 Å². The molecule has 2 aliphatic rings. The Morgan fingerprint density at radius 3 is 1.43 bits per heavy atom. The molecule has 0 aliphatic carbocycles. The van der Waals surface area contributed by atoms with E-state index < -0.39 is 67.2 Å². The number of hydrogen-bond donors (Lipinski definition) is 8. The van der Waals surface area contributed by atoms with Crippen LogP contribution in [0, 0.1) is 13.8 Å². The standard InChI is InChI=1S/2C10H14N2O5.CH5O4P/c2*1-5-3-12(10(16)11-9(5)15)8-2-6(14)7(4-13)17-8;1-5-6(2,3)4/h2*3,6-8,13-14H,2,4H2,1H3,(H,11,15,16);1H3,(H2,2,3,4)/t2*6-,7+,8+;/m00./s1. The molecule has 4 rings (SSSR count). The predicted octanol–water partition coefficient (Wildman–Crippen LogP) is -3.30. The molecule has 2 aliphatic heterocycles. The van der Waals surface area contributed by atoms with Gasteiger partial charge in [0.25, 0.3) is 11.1 Å². The average Bonchev–Trinajstić information content (AvgIpc) is 3.45. The van der Waals surface area contributed by atoms with E-state index in [9.17, 15) is 34.0 Å². The summed E-state index contributed by atoms with van der Waals surface area (Å²) in [5, 5.41) is 37.0. The van der Waals surface area contributed by atoms with Crippen molar-refractivity contribution in [1.29, 1.82) is 0 Å². The van der Waals surface area contributed by atoms with Gasteiger partial charge < -0.3 is 39.7 Å². The minimum absolute atomic E-state index is 0.205. The van der Waals surface area contributed by atoms with Crippen LogP contribution in [0.1, 0.15) is 36.4 Å². The van der Waals surface area contributed by atoms with Gasteiger partial charge in [0, 0.05) is 43.5 Å². The zero-order chi connectivity index (χ0) is 30.4. The number of aryl methyl sites for hydroxylation is 2. The van der Waals surface area contributed by atoms with E-state index in [4.69, 9.17) is 29.5 Å². The van der Waals surface area contributed by atoms with Crippen molar-refractivity contribution in [3.63, 3.8) is 0 Å². The van der Waals surface area contributed by atoms with Crippen LogP contribution >= 0.6 is 7.82 Å². The second-order valence-corrected chi connectivity index (χ2v) is 10.2. The highest BCUT2D eigenvalue weighted by Gasteiger charge is 2.36. The topological polar surface area (TPSA) is 276 Å². The summed E-state index contributed by atoms with van der Waals surface area (Å²) in [6, 6.07) is 0. The summed E-state index contributed by atoms with van der Waals surface area (Å²) < 4.78 is 26.2. The summed E-state index contributed by atoms with van der Waals surface area (Å²) in [5.41, 5.74) is -1.29. The highest BCUT2D eigenvalue weighted by molar-refractivity contribution is 7.46. The summed E-state index contributed by atoms with van der Waals surface area (Å²) in [4.78, 5) is 65.3. The number of aliphatic hydroxyl groups is 4. The Morgan fingerprint density at radius 2 is 1.18 bits per heavy atom. The largest absolute Gasteiger partial charge is 0.469 e. The third kappa shape index (κ3) is 8.87. The lowest BCUT2D eigenvalue weighted by molar-refractivity contribution is -0.0459. The first-order valence-electron chi connectivity index (χ1n) is 11.8. The lowest BCUT2D eigenvalue weighted by atomic mass is 10.2. The van der Waals surface area contributed by atoms with Gasteiger partial charge in [0.05, 0.1) is 25.4 Å². The van der Waals surface area contributed by atoms with E-state index >= 15 is 0 Å². The fraction of sp³-hybridized carbons (Fsp3) is 0.619. The Balaban J connectivity index is 0.000000234.